The quantitative estimate of drug-likeness (QED) is 0.575. The Kier molecular flexibility index (Phi) is 7.42. The molecule has 6 atom stereocenters. The zero-order chi connectivity index (χ0) is 26.3. The third kappa shape index (κ3) is 4.94. The van der Waals surface area contributed by atoms with E-state index in [1.165, 1.54) is 6.07 Å². The Bertz CT molecular complexity index is 1150. The zero-order valence-corrected chi connectivity index (χ0v) is 21.8. The summed E-state index contributed by atoms with van der Waals surface area (Å²) in [5, 5.41) is 22.6. The average molecular weight is 511 g/mol. The second-order valence-corrected chi connectivity index (χ2v) is 11.4. The van der Waals surface area contributed by atoms with Gasteiger partial charge in [0.25, 0.3) is 0 Å². The molecule has 2 aromatic rings. The molecule has 6 nitrogen and oxygen atoms in total. The first-order valence-electron chi connectivity index (χ1n) is 13.6. The summed E-state index contributed by atoms with van der Waals surface area (Å²) in [7, 11) is 1.69. The number of rotatable bonds is 3. The second-order valence-electron chi connectivity index (χ2n) is 11.4. The highest BCUT2D eigenvalue weighted by Gasteiger charge is 2.45. The molecule has 1 amide bonds. The Morgan fingerprint density at radius 1 is 1.19 bits per heavy atom. The van der Waals surface area contributed by atoms with Crippen LogP contribution >= 0.6 is 0 Å². The van der Waals surface area contributed by atoms with Crippen molar-refractivity contribution in [3.63, 3.8) is 0 Å². The van der Waals surface area contributed by atoms with Crippen LogP contribution in [0.4, 0.5) is 4.39 Å². The lowest BCUT2D eigenvalue weighted by atomic mass is 9.71. The summed E-state index contributed by atoms with van der Waals surface area (Å²) in [5.41, 5.74) is 8.47. The van der Waals surface area contributed by atoms with Gasteiger partial charge in [-0.25, -0.2) is 4.39 Å². The van der Waals surface area contributed by atoms with Crippen molar-refractivity contribution in [1.82, 2.24) is 4.90 Å². The summed E-state index contributed by atoms with van der Waals surface area (Å²) < 4.78 is 21.4. The average Bonchev–Trinajstić information content (AvgIpc) is 3.23. The number of carbonyl (C=O) groups excluding carboxylic acids is 1. The molecule has 3 aliphatic rings. The van der Waals surface area contributed by atoms with Crippen molar-refractivity contribution in [2.45, 2.75) is 75.7 Å². The second kappa shape index (κ2) is 10.4. The van der Waals surface area contributed by atoms with E-state index in [4.69, 9.17) is 10.5 Å². The maximum atomic E-state index is 15.6. The molecule has 2 aromatic carbocycles. The molecule has 0 aromatic heterocycles. The summed E-state index contributed by atoms with van der Waals surface area (Å²) >= 11 is 0. The van der Waals surface area contributed by atoms with Crippen LogP contribution in [-0.2, 0) is 15.1 Å². The van der Waals surface area contributed by atoms with Gasteiger partial charge < -0.3 is 25.6 Å². The first kappa shape index (κ1) is 26.3. The van der Waals surface area contributed by atoms with E-state index in [0.717, 1.165) is 36.0 Å². The molecule has 0 radical (unpaired) electrons. The number of benzene rings is 2. The Hall–Kier alpha value is -2.32. The molecule has 1 heterocycles. The van der Waals surface area contributed by atoms with Crippen LogP contribution in [0.1, 0.15) is 67.7 Å². The number of amides is 1. The number of likely N-dealkylation sites (tertiary alicyclic amines) is 1. The van der Waals surface area contributed by atoms with Crippen molar-refractivity contribution in [3.8, 4) is 11.1 Å². The molecule has 200 valence electrons. The molecule has 1 unspecified atom stereocenters. The van der Waals surface area contributed by atoms with Gasteiger partial charge in [0.1, 0.15) is 5.82 Å². The largest absolute Gasteiger partial charge is 0.391 e. The molecule has 0 spiro atoms. The van der Waals surface area contributed by atoms with Crippen LogP contribution in [0.2, 0.25) is 0 Å². The van der Waals surface area contributed by atoms with E-state index in [1.54, 1.807) is 13.2 Å². The topological polar surface area (TPSA) is 96.0 Å². The molecular formula is C30H39FN2O4. The molecule has 1 saturated carbocycles. The summed E-state index contributed by atoms with van der Waals surface area (Å²) in [6.45, 7) is 3.02. The summed E-state index contributed by atoms with van der Waals surface area (Å²) in [4.78, 5) is 15.2. The fraction of sp³-hybridized carbons (Fsp3) is 0.567. The van der Waals surface area contributed by atoms with Crippen LogP contribution in [0.15, 0.2) is 36.4 Å². The van der Waals surface area contributed by atoms with E-state index in [1.807, 2.05) is 30.0 Å². The highest BCUT2D eigenvalue weighted by atomic mass is 19.1. The predicted molar refractivity (Wildman–Crippen MR) is 140 cm³/mol. The molecule has 37 heavy (non-hydrogen) atoms. The lowest BCUT2D eigenvalue weighted by Crippen LogP contribution is -2.49. The van der Waals surface area contributed by atoms with Gasteiger partial charge in [-0.1, -0.05) is 29.8 Å². The van der Waals surface area contributed by atoms with Crippen LogP contribution < -0.4 is 5.73 Å². The van der Waals surface area contributed by atoms with Gasteiger partial charge in [-0.2, -0.15) is 0 Å². The Balaban J connectivity index is 1.53. The fourth-order valence-corrected chi connectivity index (χ4v) is 6.93. The van der Waals surface area contributed by atoms with Crippen molar-refractivity contribution >= 4 is 5.91 Å². The number of nitrogens with zero attached hydrogens (tertiary/aromatic N) is 1. The number of halogens is 1. The molecule has 1 saturated heterocycles. The number of piperidine rings is 1. The molecule has 1 aliphatic heterocycles. The van der Waals surface area contributed by atoms with E-state index >= 15 is 4.39 Å². The van der Waals surface area contributed by atoms with Gasteiger partial charge in [-0.15, -0.1) is 0 Å². The first-order valence-corrected chi connectivity index (χ1v) is 13.6. The maximum absolute atomic E-state index is 15.6. The Morgan fingerprint density at radius 3 is 2.73 bits per heavy atom. The minimum absolute atomic E-state index is 0.00223. The number of ether oxygens (including phenoxy) is 1. The maximum Gasteiger partial charge on any atom is 0.225 e. The summed E-state index contributed by atoms with van der Waals surface area (Å²) in [6.07, 6.45) is 3.46. The number of aliphatic hydroxyl groups is 2. The fourth-order valence-electron chi connectivity index (χ4n) is 6.93. The normalized spacial score (nSPS) is 32.2. The van der Waals surface area contributed by atoms with Gasteiger partial charge in [-0.3, -0.25) is 4.79 Å². The van der Waals surface area contributed by atoms with Crippen LogP contribution in [-0.4, -0.2) is 53.4 Å². The summed E-state index contributed by atoms with van der Waals surface area (Å²) in [6, 6.07) is 10.6. The van der Waals surface area contributed by atoms with Crippen LogP contribution in [0.25, 0.3) is 11.1 Å². The van der Waals surface area contributed by atoms with Gasteiger partial charge in [0, 0.05) is 43.6 Å². The molecule has 2 fully saturated rings. The van der Waals surface area contributed by atoms with E-state index in [9.17, 15) is 15.0 Å². The van der Waals surface area contributed by atoms with Gasteiger partial charge in [0.2, 0.25) is 5.91 Å². The number of carbonyl (C=O) groups is 1. The zero-order valence-electron chi connectivity index (χ0n) is 21.8. The highest BCUT2D eigenvalue weighted by molar-refractivity contribution is 5.79. The van der Waals surface area contributed by atoms with Crippen LogP contribution in [0.3, 0.4) is 0 Å². The molecule has 2 aliphatic carbocycles. The third-order valence-electron chi connectivity index (χ3n) is 8.88. The number of hydrogen-bond donors (Lipinski definition) is 3. The van der Waals surface area contributed by atoms with Gasteiger partial charge >= 0.3 is 0 Å². The van der Waals surface area contributed by atoms with Gasteiger partial charge in [0.15, 0.2) is 0 Å². The number of hydrogen-bond acceptors (Lipinski definition) is 5. The molecular weight excluding hydrogens is 471 g/mol. The van der Waals surface area contributed by atoms with Crippen molar-refractivity contribution in [3.05, 3.63) is 58.9 Å². The van der Waals surface area contributed by atoms with Crippen molar-refractivity contribution in [1.29, 1.82) is 0 Å². The minimum Gasteiger partial charge on any atom is -0.391 e. The predicted octanol–water partition coefficient (Wildman–Crippen LogP) is 4.20. The molecule has 5 rings (SSSR count). The Morgan fingerprint density at radius 2 is 2.00 bits per heavy atom. The number of methoxy groups -OCH3 is 1. The van der Waals surface area contributed by atoms with E-state index in [2.05, 4.69) is 6.07 Å². The number of nitrogens with two attached hydrogens (primary N) is 1. The molecule has 2 bridgehead atoms. The van der Waals surface area contributed by atoms with E-state index < -0.39 is 11.7 Å². The van der Waals surface area contributed by atoms with Crippen LogP contribution in [0.5, 0.6) is 0 Å². The number of fused-ring (bicyclic) bond motifs is 4. The van der Waals surface area contributed by atoms with Gasteiger partial charge in [0.05, 0.1) is 17.8 Å². The SMILES string of the molecule is COC1CCC[C@](O)([C@@H]2CCCN(C(=O)[C@H]3C[C@@H](N)[C@@H](O)C3)C2)c2cccc(F)c2-c2cc(C)cc1c2. The van der Waals surface area contributed by atoms with Crippen molar-refractivity contribution in [2.24, 2.45) is 17.6 Å². The lowest BCUT2D eigenvalue weighted by Gasteiger charge is -2.44. The van der Waals surface area contributed by atoms with Gasteiger partial charge in [-0.05, 0) is 80.7 Å². The smallest absolute Gasteiger partial charge is 0.225 e. The summed E-state index contributed by atoms with van der Waals surface area (Å²) in [5.74, 6) is -0.891. The minimum atomic E-state index is -1.30. The van der Waals surface area contributed by atoms with E-state index in [-0.39, 0.29) is 35.7 Å². The lowest BCUT2D eigenvalue weighted by molar-refractivity contribution is -0.141. The van der Waals surface area contributed by atoms with Crippen molar-refractivity contribution in [2.75, 3.05) is 20.2 Å². The number of aliphatic hydroxyl groups excluding tert-OH is 1. The third-order valence-corrected chi connectivity index (χ3v) is 8.88. The first-order chi connectivity index (χ1) is 17.7. The van der Waals surface area contributed by atoms with E-state index in [0.29, 0.717) is 49.9 Å². The standard InChI is InChI=1S/C30H39FN2O4/c1-18-12-19-14-20(13-18)28-23(7-3-8-24(28)31)30(36,10-4-9-27(19)37-2)22-6-5-11-33(17-22)29(35)21-15-25(32)26(34)16-21/h3,7-8,12-14,21-22,25-27,34,36H,4-6,9-11,15-17,32H2,1-2H3/t21-,22+,25+,26-,27?,30-/m0/s1. The highest BCUT2D eigenvalue weighted by Crippen LogP contribution is 2.46. The Labute approximate surface area is 218 Å². The van der Waals surface area contributed by atoms with Crippen LogP contribution in [0, 0.1) is 24.6 Å². The molecule has 4 N–H and O–H groups in total. The van der Waals surface area contributed by atoms with Crippen molar-refractivity contribution < 1.29 is 24.1 Å². The monoisotopic (exact) mass is 510 g/mol. The molecule has 7 heteroatoms. The number of aryl methyl sites for hydroxylation is 1.